The Morgan fingerprint density at radius 1 is 0.958 bits per heavy atom. The standard InChI is InChI=1S/C21H17BrNO/c22-20-10-4-9-19(15-20)21(24)11-13-23-12-5-8-18(16-23)14-17-6-2-1-3-7-17/h1-13,15-16H,14H2/q+1. The van der Waals surface area contributed by atoms with Crippen molar-refractivity contribution in [3.05, 3.63) is 106 Å². The highest BCUT2D eigenvalue weighted by atomic mass is 79.9. The van der Waals surface area contributed by atoms with Gasteiger partial charge in [-0.15, -0.1) is 0 Å². The molecule has 0 N–H and O–H groups in total. The van der Waals surface area contributed by atoms with Crippen LogP contribution in [0, 0.1) is 0 Å². The molecule has 0 amide bonds. The Labute approximate surface area is 150 Å². The summed E-state index contributed by atoms with van der Waals surface area (Å²) in [7, 11) is 0. The van der Waals surface area contributed by atoms with Gasteiger partial charge in [0.2, 0.25) is 0 Å². The summed E-state index contributed by atoms with van der Waals surface area (Å²) in [6, 6.07) is 21.8. The zero-order chi connectivity index (χ0) is 16.8. The van der Waals surface area contributed by atoms with E-state index in [9.17, 15) is 4.79 Å². The lowest BCUT2D eigenvalue weighted by molar-refractivity contribution is -0.568. The molecule has 0 aliphatic rings. The molecular weight excluding hydrogens is 362 g/mol. The minimum absolute atomic E-state index is 0.0164. The molecule has 0 bridgehead atoms. The summed E-state index contributed by atoms with van der Waals surface area (Å²) in [5, 5.41) is 0. The number of allylic oxidation sites excluding steroid dienone is 1. The number of hydrogen-bond donors (Lipinski definition) is 0. The van der Waals surface area contributed by atoms with Crippen LogP contribution in [0.3, 0.4) is 0 Å². The summed E-state index contributed by atoms with van der Waals surface area (Å²) in [6.07, 6.45) is 8.22. The van der Waals surface area contributed by atoms with Crippen molar-refractivity contribution in [1.82, 2.24) is 0 Å². The van der Waals surface area contributed by atoms with Crippen molar-refractivity contribution < 1.29 is 9.36 Å². The van der Waals surface area contributed by atoms with Crippen LogP contribution in [0.15, 0.2) is 89.7 Å². The molecule has 3 heteroatoms. The quantitative estimate of drug-likeness (QED) is 0.358. The predicted octanol–water partition coefficient (Wildman–Crippen LogP) is 4.68. The van der Waals surface area contributed by atoms with Gasteiger partial charge >= 0.3 is 0 Å². The maximum atomic E-state index is 12.2. The van der Waals surface area contributed by atoms with E-state index < -0.39 is 0 Å². The van der Waals surface area contributed by atoms with E-state index in [0.29, 0.717) is 5.56 Å². The zero-order valence-corrected chi connectivity index (χ0v) is 14.7. The van der Waals surface area contributed by atoms with Gasteiger partial charge in [0, 0.05) is 28.1 Å². The van der Waals surface area contributed by atoms with Gasteiger partial charge in [-0.05, 0) is 23.8 Å². The summed E-state index contributed by atoms with van der Waals surface area (Å²) >= 11 is 3.39. The Balaban J connectivity index is 1.73. The number of pyridine rings is 1. The molecule has 0 saturated carbocycles. The smallest absolute Gasteiger partial charge is 0.191 e. The molecule has 118 valence electrons. The van der Waals surface area contributed by atoms with Gasteiger partial charge in [-0.1, -0.05) is 58.4 Å². The normalized spacial score (nSPS) is 10.9. The predicted molar refractivity (Wildman–Crippen MR) is 99.7 cm³/mol. The molecule has 2 nitrogen and oxygen atoms in total. The van der Waals surface area contributed by atoms with Crippen LogP contribution in [0.1, 0.15) is 21.5 Å². The highest BCUT2D eigenvalue weighted by molar-refractivity contribution is 9.10. The monoisotopic (exact) mass is 378 g/mol. The summed E-state index contributed by atoms with van der Waals surface area (Å²) in [4.78, 5) is 12.2. The number of carbonyl (C=O) groups excluding carboxylic acids is 1. The fraction of sp³-hybridized carbons (Fsp3) is 0.0476. The first-order valence-electron chi connectivity index (χ1n) is 7.72. The molecule has 0 saturated heterocycles. The lowest BCUT2D eigenvalue weighted by atomic mass is 10.1. The van der Waals surface area contributed by atoms with E-state index in [1.807, 2.05) is 65.5 Å². The molecule has 0 fully saturated rings. The van der Waals surface area contributed by atoms with E-state index in [0.717, 1.165) is 10.9 Å². The fourth-order valence-electron chi connectivity index (χ4n) is 2.46. The molecule has 0 spiro atoms. The molecule has 1 aromatic heterocycles. The number of benzene rings is 2. The molecule has 0 aliphatic carbocycles. The molecular formula is C21H17BrNO+. The Hall–Kier alpha value is -2.52. The number of halogens is 1. The van der Waals surface area contributed by atoms with Gasteiger partial charge in [0.05, 0.1) is 6.08 Å². The highest BCUT2D eigenvalue weighted by Crippen LogP contribution is 2.12. The van der Waals surface area contributed by atoms with Crippen LogP contribution in [0.2, 0.25) is 0 Å². The lowest BCUT2D eigenvalue weighted by Crippen LogP contribution is -2.25. The van der Waals surface area contributed by atoms with Crippen LogP contribution in [0.4, 0.5) is 0 Å². The number of ketones is 1. The van der Waals surface area contributed by atoms with Crippen LogP contribution in [0.5, 0.6) is 0 Å². The average Bonchev–Trinajstić information content (AvgIpc) is 2.61. The van der Waals surface area contributed by atoms with Crippen molar-refractivity contribution >= 4 is 27.9 Å². The van der Waals surface area contributed by atoms with E-state index in [-0.39, 0.29) is 5.78 Å². The topological polar surface area (TPSA) is 20.9 Å². The number of nitrogens with zero attached hydrogens (tertiary/aromatic N) is 1. The second kappa shape index (κ2) is 7.84. The summed E-state index contributed by atoms with van der Waals surface area (Å²) in [5.74, 6) is -0.0164. The third-order valence-electron chi connectivity index (χ3n) is 3.64. The number of hydrogen-bond acceptors (Lipinski definition) is 1. The van der Waals surface area contributed by atoms with E-state index in [2.05, 4.69) is 34.1 Å². The lowest BCUT2D eigenvalue weighted by Gasteiger charge is -1.99. The van der Waals surface area contributed by atoms with Crippen LogP contribution >= 0.6 is 15.9 Å². The Morgan fingerprint density at radius 3 is 2.54 bits per heavy atom. The Morgan fingerprint density at radius 2 is 1.75 bits per heavy atom. The maximum Gasteiger partial charge on any atom is 0.191 e. The Kier molecular flexibility index (Phi) is 5.34. The van der Waals surface area contributed by atoms with E-state index in [1.165, 1.54) is 11.1 Å². The molecule has 0 radical (unpaired) electrons. The first-order valence-corrected chi connectivity index (χ1v) is 8.52. The maximum absolute atomic E-state index is 12.2. The number of rotatable bonds is 5. The van der Waals surface area contributed by atoms with E-state index in [1.54, 1.807) is 12.3 Å². The average molecular weight is 379 g/mol. The molecule has 0 unspecified atom stereocenters. The second-order valence-electron chi connectivity index (χ2n) is 5.51. The van der Waals surface area contributed by atoms with Crippen molar-refractivity contribution in [2.75, 3.05) is 0 Å². The zero-order valence-electron chi connectivity index (χ0n) is 13.1. The molecule has 3 aromatic rings. The molecule has 3 rings (SSSR count). The molecule has 2 aromatic carbocycles. The number of aromatic nitrogens is 1. The van der Waals surface area contributed by atoms with Crippen molar-refractivity contribution in [1.29, 1.82) is 0 Å². The van der Waals surface area contributed by atoms with Crippen molar-refractivity contribution in [2.24, 2.45) is 0 Å². The van der Waals surface area contributed by atoms with Gasteiger partial charge in [-0.25, -0.2) is 0 Å². The Bertz CT molecular complexity index is 872. The van der Waals surface area contributed by atoms with Gasteiger partial charge in [-0.2, -0.15) is 4.57 Å². The van der Waals surface area contributed by atoms with Crippen molar-refractivity contribution in [3.8, 4) is 0 Å². The first-order chi connectivity index (χ1) is 11.7. The minimum Gasteiger partial charge on any atom is -0.289 e. The molecule has 1 heterocycles. The molecule has 0 aliphatic heterocycles. The van der Waals surface area contributed by atoms with Gasteiger partial charge < -0.3 is 0 Å². The highest BCUT2D eigenvalue weighted by Gasteiger charge is 2.05. The third kappa shape index (κ3) is 4.49. The molecule has 24 heavy (non-hydrogen) atoms. The van der Waals surface area contributed by atoms with E-state index in [4.69, 9.17) is 0 Å². The first kappa shape index (κ1) is 16.3. The van der Waals surface area contributed by atoms with Gasteiger partial charge in [0.25, 0.3) is 0 Å². The largest absolute Gasteiger partial charge is 0.289 e. The minimum atomic E-state index is -0.0164. The van der Waals surface area contributed by atoms with Crippen LogP contribution in [0.25, 0.3) is 6.20 Å². The van der Waals surface area contributed by atoms with Crippen molar-refractivity contribution in [2.45, 2.75) is 6.42 Å². The summed E-state index contributed by atoms with van der Waals surface area (Å²) in [5.41, 5.74) is 3.13. The third-order valence-corrected chi connectivity index (χ3v) is 4.13. The van der Waals surface area contributed by atoms with Gasteiger partial charge in [-0.3, -0.25) is 4.79 Å². The van der Waals surface area contributed by atoms with Gasteiger partial charge in [0.15, 0.2) is 24.4 Å². The van der Waals surface area contributed by atoms with Gasteiger partial charge in [0.1, 0.15) is 0 Å². The summed E-state index contributed by atoms with van der Waals surface area (Å²) < 4.78 is 2.81. The van der Waals surface area contributed by atoms with Crippen LogP contribution < -0.4 is 4.57 Å². The summed E-state index contributed by atoms with van der Waals surface area (Å²) in [6.45, 7) is 0. The SMILES string of the molecule is O=C(C=C[n+]1cccc(Cc2ccccc2)c1)c1cccc(Br)c1. The van der Waals surface area contributed by atoms with Crippen LogP contribution in [-0.2, 0) is 6.42 Å². The molecule has 0 atom stereocenters. The van der Waals surface area contributed by atoms with Crippen molar-refractivity contribution in [3.63, 3.8) is 0 Å². The second-order valence-corrected chi connectivity index (χ2v) is 6.43. The van der Waals surface area contributed by atoms with Crippen LogP contribution in [-0.4, -0.2) is 5.78 Å². The fourth-order valence-corrected chi connectivity index (χ4v) is 2.86. The number of carbonyl (C=O) groups is 1. The van der Waals surface area contributed by atoms with E-state index >= 15 is 0 Å².